The summed E-state index contributed by atoms with van der Waals surface area (Å²) in [4.78, 5) is 8.58. The summed E-state index contributed by atoms with van der Waals surface area (Å²) in [6, 6.07) is 4.94. The van der Waals surface area contributed by atoms with Crippen molar-refractivity contribution < 1.29 is 18.5 Å². The Labute approximate surface area is 119 Å². The van der Waals surface area contributed by atoms with Gasteiger partial charge in [-0.3, -0.25) is 4.79 Å². The third-order valence-corrected chi connectivity index (χ3v) is 3.71. The highest BCUT2D eigenvalue weighted by atomic mass is 19.1. The lowest BCUT2D eigenvalue weighted by atomic mass is 9.78. The van der Waals surface area contributed by atoms with Crippen molar-refractivity contribution in [1.82, 2.24) is 0 Å². The average molecular weight is 281 g/mol. The molecule has 1 aromatic carbocycles. The summed E-state index contributed by atoms with van der Waals surface area (Å²) in [6.07, 6.45) is 0.250. The summed E-state index contributed by atoms with van der Waals surface area (Å²) >= 11 is 0. The molecule has 20 heavy (non-hydrogen) atoms. The fraction of sp³-hybridized carbons (Fsp3) is 0.500. The molecule has 2 rings (SSSR count). The molecule has 0 radical (unpaired) electrons. The molecular weight excluding hydrogens is 260 g/mol. The predicted molar refractivity (Wildman–Crippen MR) is 77.1 cm³/mol. The van der Waals surface area contributed by atoms with E-state index < -0.39 is 7.12 Å². The first-order valence-electron chi connectivity index (χ1n) is 6.41. The van der Waals surface area contributed by atoms with Gasteiger partial charge in [-0.1, -0.05) is 12.1 Å². The predicted octanol–water partition coefficient (Wildman–Crippen LogP) is 1.53. The lowest BCUT2D eigenvalue weighted by Gasteiger charge is -2.32. The molecule has 0 aromatic heterocycles. The van der Waals surface area contributed by atoms with Crippen molar-refractivity contribution in [3.8, 4) is 0 Å². The van der Waals surface area contributed by atoms with Crippen molar-refractivity contribution in [2.75, 3.05) is 0 Å². The van der Waals surface area contributed by atoms with Gasteiger partial charge in [0.2, 0.25) is 6.41 Å². The first-order valence-corrected chi connectivity index (χ1v) is 6.41. The fourth-order valence-electron chi connectivity index (χ4n) is 1.79. The molecule has 1 aromatic rings. The van der Waals surface area contributed by atoms with Gasteiger partial charge in [0.25, 0.3) is 0 Å². The number of halogens is 1. The summed E-state index contributed by atoms with van der Waals surface area (Å²) in [5, 5.41) is 0. The van der Waals surface area contributed by atoms with E-state index in [4.69, 9.17) is 14.1 Å². The second-order valence-corrected chi connectivity index (χ2v) is 5.73. The fourth-order valence-corrected chi connectivity index (χ4v) is 1.79. The molecule has 1 saturated heterocycles. The molecule has 0 atom stereocenters. The van der Waals surface area contributed by atoms with Gasteiger partial charge >= 0.3 is 7.12 Å². The van der Waals surface area contributed by atoms with Gasteiger partial charge in [0.15, 0.2) is 0 Å². The molecule has 0 spiro atoms. The molecule has 1 amide bonds. The summed E-state index contributed by atoms with van der Waals surface area (Å²) < 4.78 is 25.0. The van der Waals surface area contributed by atoms with Crippen LogP contribution in [0.3, 0.4) is 0 Å². The second kappa shape index (κ2) is 5.93. The van der Waals surface area contributed by atoms with Crippen molar-refractivity contribution in [1.29, 1.82) is 0 Å². The maximum absolute atomic E-state index is 13.2. The van der Waals surface area contributed by atoms with Crippen molar-refractivity contribution in [2.24, 2.45) is 5.73 Å². The molecule has 1 aliphatic rings. The summed E-state index contributed by atoms with van der Waals surface area (Å²) in [7, 11) is -0.417. The van der Waals surface area contributed by atoms with Crippen LogP contribution in [0, 0.1) is 12.7 Å². The van der Waals surface area contributed by atoms with Crippen LogP contribution in [0.25, 0.3) is 0 Å². The monoisotopic (exact) mass is 281 g/mol. The molecule has 110 valence electrons. The Balaban J connectivity index is 0.000000612. The highest BCUT2D eigenvalue weighted by Gasteiger charge is 2.51. The Bertz CT molecular complexity index is 475. The first kappa shape index (κ1) is 16.7. The van der Waals surface area contributed by atoms with Crippen LogP contribution >= 0.6 is 0 Å². The van der Waals surface area contributed by atoms with Gasteiger partial charge in [0.1, 0.15) is 5.82 Å². The summed E-state index contributed by atoms with van der Waals surface area (Å²) in [5.74, 6) is -0.203. The molecule has 0 unspecified atom stereocenters. The van der Waals surface area contributed by atoms with Crippen molar-refractivity contribution in [3.63, 3.8) is 0 Å². The quantitative estimate of drug-likeness (QED) is 0.627. The van der Waals surface area contributed by atoms with E-state index in [1.807, 2.05) is 27.7 Å². The van der Waals surface area contributed by atoms with Gasteiger partial charge in [-0.2, -0.15) is 0 Å². The van der Waals surface area contributed by atoms with Crippen molar-refractivity contribution in [3.05, 3.63) is 29.6 Å². The highest BCUT2D eigenvalue weighted by molar-refractivity contribution is 6.62. The number of carbonyl (C=O) groups excluding carboxylic acids is 1. The zero-order chi connectivity index (χ0) is 15.6. The Morgan fingerprint density at radius 3 is 2.05 bits per heavy atom. The molecule has 1 aliphatic heterocycles. The first-order chi connectivity index (χ1) is 9.14. The van der Waals surface area contributed by atoms with E-state index in [0.717, 1.165) is 5.46 Å². The van der Waals surface area contributed by atoms with Gasteiger partial charge in [-0.05, 0) is 51.7 Å². The van der Waals surface area contributed by atoms with Crippen LogP contribution in [0.5, 0.6) is 0 Å². The van der Waals surface area contributed by atoms with Crippen LogP contribution in [0.2, 0.25) is 0 Å². The van der Waals surface area contributed by atoms with E-state index in [-0.39, 0.29) is 23.4 Å². The molecule has 2 N–H and O–H groups in total. The maximum atomic E-state index is 13.2. The van der Waals surface area contributed by atoms with Gasteiger partial charge in [0, 0.05) is 0 Å². The molecule has 0 bridgehead atoms. The number of hydrogen-bond donors (Lipinski definition) is 1. The number of benzene rings is 1. The highest BCUT2D eigenvalue weighted by Crippen LogP contribution is 2.36. The minimum atomic E-state index is -0.417. The van der Waals surface area contributed by atoms with E-state index in [9.17, 15) is 4.39 Å². The summed E-state index contributed by atoms with van der Waals surface area (Å²) in [5.41, 5.74) is 4.92. The SMILES string of the molecule is Cc1cc(B2OC(C)(C)C(C)(C)O2)ccc1F.NC=O. The summed E-state index contributed by atoms with van der Waals surface area (Å²) in [6.45, 7) is 9.75. The minimum Gasteiger partial charge on any atom is -0.399 e. The van der Waals surface area contributed by atoms with E-state index in [2.05, 4.69) is 5.73 Å². The van der Waals surface area contributed by atoms with Gasteiger partial charge in [0.05, 0.1) is 11.2 Å². The Morgan fingerprint density at radius 2 is 1.65 bits per heavy atom. The molecular formula is C14H21BFNO3. The lowest BCUT2D eigenvalue weighted by molar-refractivity contribution is -0.106. The molecule has 1 fully saturated rings. The number of aryl methyl sites for hydroxylation is 1. The van der Waals surface area contributed by atoms with E-state index in [1.54, 1.807) is 19.1 Å². The van der Waals surface area contributed by atoms with E-state index in [1.165, 1.54) is 6.07 Å². The van der Waals surface area contributed by atoms with Crippen LogP contribution in [-0.4, -0.2) is 24.7 Å². The molecule has 0 saturated carbocycles. The van der Waals surface area contributed by atoms with E-state index >= 15 is 0 Å². The minimum absolute atomic E-state index is 0.203. The standard InChI is InChI=1S/C13H18BFO2.CH3NO/c1-9-8-10(6-7-11(9)15)14-16-12(2,3)13(4,5)17-14;2-1-3/h6-8H,1-5H3;1H,(H2,2,3). The smallest absolute Gasteiger partial charge is 0.399 e. The van der Waals surface area contributed by atoms with Crippen molar-refractivity contribution >= 4 is 19.0 Å². The number of rotatable bonds is 1. The molecule has 4 nitrogen and oxygen atoms in total. The van der Waals surface area contributed by atoms with Crippen molar-refractivity contribution in [2.45, 2.75) is 45.8 Å². The van der Waals surface area contributed by atoms with E-state index in [0.29, 0.717) is 5.56 Å². The van der Waals surface area contributed by atoms with Gasteiger partial charge in [-0.15, -0.1) is 0 Å². The Kier molecular flexibility index (Phi) is 4.94. The Morgan fingerprint density at radius 1 is 1.20 bits per heavy atom. The molecule has 6 heteroatoms. The molecule has 0 aliphatic carbocycles. The lowest BCUT2D eigenvalue weighted by Crippen LogP contribution is -2.41. The number of hydrogen-bond acceptors (Lipinski definition) is 3. The third-order valence-electron chi connectivity index (χ3n) is 3.71. The van der Waals surface area contributed by atoms with Crippen LogP contribution < -0.4 is 11.2 Å². The van der Waals surface area contributed by atoms with Gasteiger partial charge < -0.3 is 15.0 Å². The second-order valence-electron chi connectivity index (χ2n) is 5.73. The zero-order valence-corrected chi connectivity index (χ0v) is 12.6. The molecule has 1 heterocycles. The van der Waals surface area contributed by atoms with Crippen LogP contribution in [-0.2, 0) is 14.1 Å². The number of primary amides is 1. The largest absolute Gasteiger partial charge is 0.494 e. The van der Waals surface area contributed by atoms with Crippen LogP contribution in [0.1, 0.15) is 33.3 Å². The number of amides is 1. The number of nitrogens with two attached hydrogens (primary N) is 1. The van der Waals surface area contributed by atoms with Crippen LogP contribution in [0.15, 0.2) is 18.2 Å². The van der Waals surface area contributed by atoms with Crippen LogP contribution in [0.4, 0.5) is 4.39 Å². The normalized spacial score (nSPS) is 19.2. The Hall–Kier alpha value is -1.40. The third kappa shape index (κ3) is 3.38. The van der Waals surface area contributed by atoms with Gasteiger partial charge in [-0.25, -0.2) is 4.39 Å². The maximum Gasteiger partial charge on any atom is 0.494 e. The number of carbonyl (C=O) groups is 1. The average Bonchev–Trinajstić information content (AvgIpc) is 2.53. The topological polar surface area (TPSA) is 61.6 Å². The zero-order valence-electron chi connectivity index (χ0n) is 12.6.